The zero-order valence-corrected chi connectivity index (χ0v) is 12.0. The Bertz CT molecular complexity index is 311. The molecule has 1 fully saturated rings. The molecule has 4 atom stereocenters. The van der Waals surface area contributed by atoms with Crippen LogP contribution in [0, 0.1) is 29.1 Å². The lowest BCUT2D eigenvalue weighted by atomic mass is 9.61. The zero-order valence-electron chi connectivity index (χ0n) is 12.0. The number of carbonyl (C=O) groups is 2. The smallest absolute Gasteiger partial charge is 0.201 e. The van der Waals surface area contributed by atoms with E-state index in [2.05, 4.69) is 34.6 Å². The van der Waals surface area contributed by atoms with Crippen LogP contribution in [0.15, 0.2) is 0 Å². The highest BCUT2D eigenvalue weighted by Gasteiger charge is 2.44. The van der Waals surface area contributed by atoms with Crippen LogP contribution in [0.5, 0.6) is 0 Å². The quantitative estimate of drug-likeness (QED) is 0.690. The Balaban J connectivity index is 2.98. The normalized spacial score (nSPS) is 32.7. The minimum Gasteiger partial charge on any atom is -0.291 e. The van der Waals surface area contributed by atoms with Gasteiger partial charge >= 0.3 is 0 Å². The first-order valence-corrected chi connectivity index (χ1v) is 6.77. The largest absolute Gasteiger partial charge is 0.291 e. The number of ketones is 2. The number of carbonyl (C=O) groups excluding carboxylic acids is 2. The van der Waals surface area contributed by atoms with Crippen molar-refractivity contribution in [2.24, 2.45) is 29.1 Å². The van der Waals surface area contributed by atoms with Crippen LogP contribution in [0.4, 0.5) is 0 Å². The van der Waals surface area contributed by atoms with Gasteiger partial charge in [-0.1, -0.05) is 48.0 Å². The second kappa shape index (κ2) is 4.91. The molecule has 0 bridgehead atoms. The van der Waals surface area contributed by atoms with Crippen LogP contribution in [0.25, 0.3) is 0 Å². The number of Topliss-reactive ketones (excluding diaryl/α,β-unsaturated/α-hetero) is 2. The van der Waals surface area contributed by atoms with Crippen LogP contribution in [0.3, 0.4) is 0 Å². The molecule has 1 saturated carbocycles. The summed E-state index contributed by atoms with van der Waals surface area (Å²) in [5.41, 5.74) is 0.193. The molecule has 0 amide bonds. The summed E-state index contributed by atoms with van der Waals surface area (Å²) >= 11 is 0. The van der Waals surface area contributed by atoms with Gasteiger partial charge in [0.2, 0.25) is 5.78 Å². The van der Waals surface area contributed by atoms with E-state index in [1.54, 1.807) is 0 Å². The first-order valence-electron chi connectivity index (χ1n) is 6.77. The number of rotatable bonds is 2. The van der Waals surface area contributed by atoms with Crippen molar-refractivity contribution in [2.75, 3.05) is 0 Å². The van der Waals surface area contributed by atoms with Gasteiger partial charge in [-0.2, -0.15) is 0 Å². The third-order valence-electron chi connectivity index (χ3n) is 4.78. The SMILES string of the molecule is CCC1C(C)C(=O)C(=O)CC1C(C)C(C)(C)C. The van der Waals surface area contributed by atoms with E-state index in [1.165, 1.54) is 0 Å². The molecule has 0 aromatic heterocycles. The predicted molar refractivity (Wildman–Crippen MR) is 69.7 cm³/mol. The third-order valence-corrected chi connectivity index (χ3v) is 4.78. The molecule has 0 spiro atoms. The summed E-state index contributed by atoms with van der Waals surface area (Å²) < 4.78 is 0. The topological polar surface area (TPSA) is 34.1 Å². The Hall–Kier alpha value is -0.660. The molecule has 2 heteroatoms. The highest BCUT2D eigenvalue weighted by molar-refractivity contribution is 6.38. The second-order valence-corrected chi connectivity index (χ2v) is 6.67. The van der Waals surface area contributed by atoms with Crippen molar-refractivity contribution in [1.82, 2.24) is 0 Å². The van der Waals surface area contributed by atoms with Gasteiger partial charge in [0, 0.05) is 12.3 Å². The fourth-order valence-electron chi connectivity index (χ4n) is 3.13. The van der Waals surface area contributed by atoms with Crippen LogP contribution in [0.2, 0.25) is 0 Å². The fourth-order valence-corrected chi connectivity index (χ4v) is 3.13. The van der Waals surface area contributed by atoms with Gasteiger partial charge in [-0.25, -0.2) is 0 Å². The lowest BCUT2D eigenvalue weighted by molar-refractivity contribution is -0.145. The Kier molecular flexibility index (Phi) is 4.16. The molecule has 98 valence electrons. The van der Waals surface area contributed by atoms with E-state index >= 15 is 0 Å². The summed E-state index contributed by atoms with van der Waals surface area (Å²) in [6, 6.07) is 0. The molecule has 0 N–H and O–H groups in total. The predicted octanol–water partition coefficient (Wildman–Crippen LogP) is 3.49. The molecule has 0 saturated heterocycles. The lowest BCUT2D eigenvalue weighted by Crippen LogP contribution is -2.44. The fraction of sp³-hybridized carbons (Fsp3) is 0.867. The molecular weight excluding hydrogens is 212 g/mol. The van der Waals surface area contributed by atoms with Crippen molar-refractivity contribution < 1.29 is 9.59 Å². The summed E-state index contributed by atoms with van der Waals surface area (Å²) in [4.78, 5) is 23.5. The van der Waals surface area contributed by atoms with Gasteiger partial charge < -0.3 is 0 Å². The van der Waals surface area contributed by atoms with Crippen LogP contribution in [-0.4, -0.2) is 11.6 Å². The molecular formula is C15H26O2. The van der Waals surface area contributed by atoms with Crippen LogP contribution < -0.4 is 0 Å². The van der Waals surface area contributed by atoms with Gasteiger partial charge in [0.15, 0.2) is 5.78 Å². The van der Waals surface area contributed by atoms with Crippen LogP contribution in [-0.2, 0) is 9.59 Å². The third kappa shape index (κ3) is 2.78. The highest BCUT2D eigenvalue weighted by atomic mass is 16.2. The standard InChI is InChI=1S/C15H26O2/c1-7-11-9(2)14(17)13(16)8-12(11)10(3)15(4,5)6/h9-12H,7-8H2,1-6H3. The highest BCUT2D eigenvalue weighted by Crippen LogP contribution is 2.44. The Morgan fingerprint density at radius 3 is 2.24 bits per heavy atom. The molecule has 1 aliphatic carbocycles. The first-order chi connectivity index (χ1) is 7.70. The zero-order chi connectivity index (χ0) is 13.4. The average Bonchev–Trinajstić information content (AvgIpc) is 2.23. The minimum absolute atomic E-state index is 0.0870. The van der Waals surface area contributed by atoms with Crippen molar-refractivity contribution >= 4 is 11.6 Å². The van der Waals surface area contributed by atoms with Crippen molar-refractivity contribution in [1.29, 1.82) is 0 Å². The van der Waals surface area contributed by atoms with Crippen molar-refractivity contribution in [3.8, 4) is 0 Å². The van der Waals surface area contributed by atoms with E-state index in [-0.39, 0.29) is 22.9 Å². The Morgan fingerprint density at radius 1 is 1.29 bits per heavy atom. The average molecular weight is 238 g/mol. The van der Waals surface area contributed by atoms with Gasteiger partial charge in [-0.3, -0.25) is 9.59 Å². The lowest BCUT2D eigenvalue weighted by Gasteiger charge is -2.42. The van der Waals surface area contributed by atoms with Gasteiger partial charge in [0.1, 0.15) is 0 Å². The summed E-state index contributed by atoms with van der Waals surface area (Å²) in [5, 5.41) is 0. The Morgan fingerprint density at radius 2 is 1.82 bits per heavy atom. The summed E-state index contributed by atoms with van der Waals surface area (Å²) in [7, 11) is 0. The number of hydrogen-bond acceptors (Lipinski definition) is 2. The van der Waals surface area contributed by atoms with Crippen molar-refractivity contribution in [2.45, 2.75) is 54.4 Å². The molecule has 1 rings (SSSR count). The van der Waals surface area contributed by atoms with E-state index in [1.807, 2.05) is 6.92 Å². The molecule has 0 heterocycles. The van der Waals surface area contributed by atoms with Crippen LogP contribution >= 0.6 is 0 Å². The van der Waals surface area contributed by atoms with Gasteiger partial charge in [0.05, 0.1) is 0 Å². The van der Waals surface area contributed by atoms with E-state index in [9.17, 15) is 9.59 Å². The first kappa shape index (κ1) is 14.4. The van der Waals surface area contributed by atoms with E-state index < -0.39 is 0 Å². The Labute approximate surface area is 105 Å². The van der Waals surface area contributed by atoms with E-state index in [4.69, 9.17) is 0 Å². The van der Waals surface area contributed by atoms with E-state index in [0.717, 1.165) is 6.42 Å². The van der Waals surface area contributed by atoms with Crippen molar-refractivity contribution in [3.63, 3.8) is 0 Å². The molecule has 0 aromatic rings. The second-order valence-electron chi connectivity index (χ2n) is 6.67. The van der Waals surface area contributed by atoms with Gasteiger partial charge in [0.25, 0.3) is 0 Å². The van der Waals surface area contributed by atoms with Crippen molar-refractivity contribution in [3.05, 3.63) is 0 Å². The molecule has 4 unspecified atom stereocenters. The molecule has 2 nitrogen and oxygen atoms in total. The summed E-state index contributed by atoms with van der Waals surface area (Å²) in [6.07, 6.45) is 1.45. The molecule has 0 aromatic carbocycles. The van der Waals surface area contributed by atoms with E-state index in [0.29, 0.717) is 24.2 Å². The maximum Gasteiger partial charge on any atom is 0.201 e. The van der Waals surface area contributed by atoms with Gasteiger partial charge in [-0.05, 0) is 23.2 Å². The molecule has 0 radical (unpaired) electrons. The summed E-state index contributed by atoms with van der Waals surface area (Å²) in [6.45, 7) is 12.9. The molecule has 1 aliphatic rings. The number of hydrogen-bond donors (Lipinski definition) is 0. The minimum atomic E-state index is -0.150. The molecule has 0 aliphatic heterocycles. The maximum atomic E-state index is 11.8. The monoisotopic (exact) mass is 238 g/mol. The van der Waals surface area contributed by atoms with Gasteiger partial charge in [-0.15, -0.1) is 0 Å². The maximum absolute atomic E-state index is 11.8. The van der Waals surface area contributed by atoms with Crippen LogP contribution in [0.1, 0.15) is 54.4 Å². The summed E-state index contributed by atoms with van der Waals surface area (Å²) in [5.74, 6) is 0.815. The molecule has 17 heavy (non-hydrogen) atoms.